The molecular formula is C24H46NaO7S. The minimum Gasteiger partial charge on any atom is -0.465 e. The molecule has 191 valence electrons. The Hall–Kier alpha value is -0.150. The molecule has 3 atom stereocenters. The van der Waals surface area contributed by atoms with Crippen molar-refractivity contribution in [1.82, 2.24) is 0 Å². The molecule has 0 spiro atoms. The quantitative estimate of drug-likeness (QED) is 0.104. The molecule has 0 aliphatic rings. The number of unbranched alkanes of at least 4 members (excludes halogenated alkanes) is 4. The van der Waals surface area contributed by atoms with E-state index in [9.17, 15) is 22.6 Å². The second kappa shape index (κ2) is 21.2. The van der Waals surface area contributed by atoms with E-state index < -0.39 is 33.7 Å². The number of rotatable bonds is 20. The Balaban J connectivity index is 0. The Labute approximate surface area is 224 Å². The van der Waals surface area contributed by atoms with Crippen molar-refractivity contribution in [1.29, 1.82) is 0 Å². The van der Waals surface area contributed by atoms with Crippen LogP contribution in [-0.4, -0.2) is 72.9 Å². The Morgan fingerprint density at radius 2 is 1.18 bits per heavy atom. The summed E-state index contributed by atoms with van der Waals surface area (Å²) in [5.74, 6) is -1.55. The van der Waals surface area contributed by atoms with Gasteiger partial charge in [0.1, 0.15) is 0 Å². The van der Waals surface area contributed by atoms with E-state index in [4.69, 9.17) is 9.47 Å². The summed E-state index contributed by atoms with van der Waals surface area (Å²) >= 11 is 0. The van der Waals surface area contributed by atoms with E-state index in [1.807, 2.05) is 6.92 Å². The summed E-state index contributed by atoms with van der Waals surface area (Å²) in [5, 5.41) is -1.95. The van der Waals surface area contributed by atoms with Crippen LogP contribution < -0.4 is 0 Å². The van der Waals surface area contributed by atoms with Gasteiger partial charge in [0.25, 0.3) is 10.1 Å². The molecule has 0 aliphatic heterocycles. The van der Waals surface area contributed by atoms with Crippen LogP contribution in [0.5, 0.6) is 0 Å². The van der Waals surface area contributed by atoms with Gasteiger partial charge in [-0.1, -0.05) is 79.1 Å². The van der Waals surface area contributed by atoms with Crippen molar-refractivity contribution in [3.8, 4) is 0 Å². The van der Waals surface area contributed by atoms with E-state index in [1.165, 1.54) is 0 Å². The minimum atomic E-state index is -4.78. The number of ether oxygens (including phenoxy) is 2. The van der Waals surface area contributed by atoms with Crippen LogP contribution in [0.2, 0.25) is 0 Å². The average Bonchev–Trinajstić information content (AvgIpc) is 2.73. The van der Waals surface area contributed by atoms with Gasteiger partial charge in [0.05, 0.1) is 19.6 Å². The zero-order chi connectivity index (χ0) is 24.4. The molecular weight excluding hydrogens is 455 g/mol. The second-order valence-electron chi connectivity index (χ2n) is 8.82. The molecule has 1 radical (unpaired) electrons. The van der Waals surface area contributed by atoms with Crippen LogP contribution in [0.1, 0.15) is 111 Å². The van der Waals surface area contributed by atoms with Crippen LogP contribution >= 0.6 is 0 Å². The molecule has 0 saturated heterocycles. The molecule has 0 aromatic carbocycles. The summed E-state index contributed by atoms with van der Waals surface area (Å²) in [6, 6.07) is 0. The largest absolute Gasteiger partial charge is 0.465 e. The SMILES string of the molecule is CCCCCC(CCC)COC(=O)CC(C(=O)OCC(CCC)CCCCC)S(=O)(=O)O.[Na]. The Morgan fingerprint density at radius 1 is 0.727 bits per heavy atom. The molecule has 0 bridgehead atoms. The maximum atomic E-state index is 12.4. The number of carbonyl (C=O) groups is 2. The van der Waals surface area contributed by atoms with Gasteiger partial charge in [0.2, 0.25) is 0 Å². The predicted octanol–water partition coefficient (Wildman–Crippen LogP) is 5.33. The first-order valence-corrected chi connectivity index (χ1v) is 14.0. The molecule has 0 heterocycles. The van der Waals surface area contributed by atoms with Crippen LogP contribution in [0.3, 0.4) is 0 Å². The molecule has 33 heavy (non-hydrogen) atoms. The van der Waals surface area contributed by atoms with Gasteiger partial charge in [-0.15, -0.1) is 0 Å². The molecule has 0 fully saturated rings. The van der Waals surface area contributed by atoms with Gasteiger partial charge in [0.15, 0.2) is 5.25 Å². The smallest absolute Gasteiger partial charge is 0.327 e. The summed E-state index contributed by atoms with van der Waals surface area (Å²) in [7, 11) is -4.78. The van der Waals surface area contributed by atoms with Gasteiger partial charge in [0, 0.05) is 29.6 Å². The molecule has 0 rings (SSSR count). The first-order valence-electron chi connectivity index (χ1n) is 12.5. The van der Waals surface area contributed by atoms with Crippen LogP contribution in [0.15, 0.2) is 0 Å². The Bertz CT molecular complexity index is 610. The summed E-state index contributed by atoms with van der Waals surface area (Å²) in [4.78, 5) is 24.7. The molecule has 1 N–H and O–H groups in total. The summed E-state index contributed by atoms with van der Waals surface area (Å²) < 4.78 is 43.5. The maximum Gasteiger partial charge on any atom is 0.327 e. The number of hydrogen-bond donors (Lipinski definition) is 1. The van der Waals surface area contributed by atoms with Crippen LogP contribution in [-0.2, 0) is 29.2 Å². The van der Waals surface area contributed by atoms with E-state index in [-0.39, 0.29) is 54.6 Å². The normalized spacial score (nSPS) is 14.1. The summed E-state index contributed by atoms with van der Waals surface area (Å²) in [5.41, 5.74) is 0. The topological polar surface area (TPSA) is 107 Å². The molecule has 0 aromatic rings. The third-order valence-electron chi connectivity index (χ3n) is 5.74. The Morgan fingerprint density at radius 3 is 1.58 bits per heavy atom. The minimum absolute atomic E-state index is 0. The van der Waals surface area contributed by atoms with Crippen molar-refractivity contribution in [2.75, 3.05) is 13.2 Å². The van der Waals surface area contributed by atoms with E-state index in [2.05, 4.69) is 20.8 Å². The molecule has 0 aliphatic carbocycles. The average molecular weight is 502 g/mol. The van der Waals surface area contributed by atoms with Gasteiger partial charge in [-0.2, -0.15) is 8.42 Å². The van der Waals surface area contributed by atoms with Gasteiger partial charge in [-0.3, -0.25) is 14.1 Å². The monoisotopic (exact) mass is 501 g/mol. The van der Waals surface area contributed by atoms with E-state index in [1.54, 1.807) is 0 Å². The third-order valence-corrected chi connectivity index (χ3v) is 6.82. The molecule has 0 amide bonds. The fourth-order valence-electron chi connectivity index (χ4n) is 3.83. The molecule has 0 saturated carbocycles. The van der Waals surface area contributed by atoms with Crippen LogP contribution in [0.25, 0.3) is 0 Å². The van der Waals surface area contributed by atoms with Gasteiger partial charge < -0.3 is 9.47 Å². The standard InChI is InChI=1S/C24H46O7S.Na/c1-5-9-11-15-20(13-7-3)18-30-23(25)17-22(32(27,28)29)24(26)31-19-21(14-8-4)16-12-10-6-2;/h20-22H,5-19H2,1-4H3,(H,27,28,29);. The molecule has 7 nitrogen and oxygen atoms in total. The predicted molar refractivity (Wildman–Crippen MR) is 133 cm³/mol. The van der Waals surface area contributed by atoms with Crippen molar-refractivity contribution >= 4 is 51.6 Å². The first kappa shape index (κ1) is 35.0. The Kier molecular flexibility index (Phi) is 22.5. The van der Waals surface area contributed by atoms with Crippen molar-refractivity contribution in [3.05, 3.63) is 0 Å². The van der Waals surface area contributed by atoms with Crippen molar-refractivity contribution in [2.24, 2.45) is 11.8 Å². The molecule has 0 aromatic heterocycles. The number of esters is 2. The zero-order valence-electron chi connectivity index (χ0n) is 21.6. The number of hydrogen-bond acceptors (Lipinski definition) is 6. The van der Waals surface area contributed by atoms with Crippen molar-refractivity contribution < 1.29 is 32.0 Å². The van der Waals surface area contributed by atoms with E-state index in [0.717, 1.165) is 77.0 Å². The molecule has 3 unspecified atom stereocenters. The van der Waals surface area contributed by atoms with Gasteiger partial charge in [-0.05, 0) is 37.5 Å². The van der Waals surface area contributed by atoms with Crippen molar-refractivity contribution in [2.45, 2.75) is 116 Å². The maximum absolute atomic E-state index is 12.4. The van der Waals surface area contributed by atoms with Gasteiger partial charge >= 0.3 is 11.9 Å². The first-order chi connectivity index (χ1) is 15.2. The molecule has 9 heteroatoms. The van der Waals surface area contributed by atoms with E-state index >= 15 is 0 Å². The summed E-state index contributed by atoms with van der Waals surface area (Å²) in [6.07, 6.45) is 11.2. The van der Waals surface area contributed by atoms with Crippen LogP contribution in [0.4, 0.5) is 0 Å². The fraction of sp³-hybridized carbons (Fsp3) is 0.917. The van der Waals surface area contributed by atoms with Gasteiger partial charge in [-0.25, -0.2) is 0 Å². The van der Waals surface area contributed by atoms with E-state index in [0.29, 0.717) is 0 Å². The van der Waals surface area contributed by atoms with Crippen LogP contribution in [0, 0.1) is 11.8 Å². The second-order valence-corrected chi connectivity index (χ2v) is 10.4. The van der Waals surface area contributed by atoms with Crippen molar-refractivity contribution in [3.63, 3.8) is 0 Å². The zero-order valence-corrected chi connectivity index (χ0v) is 24.5. The third kappa shape index (κ3) is 17.9. The summed E-state index contributed by atoms with van der Waals surface area (Å²) in [6.45, 7) is 8.62. The number of carbonyl (C=O) groups excluding carboxylic acids is 2. The fourth-order valence-corrected chi connectivity index (χ4v) is 4.49.